The van der Waals surface area contributed by atoms with Gasteiger partial charge in [-0.05, 0) is 39.3 Å². The average molecular weight is 351 g/mol. The summed E-state index contributed by atoms with van der Waals surface area (Å²) in [6.07, 6.45) is 2.41. The Balaban J connectivity index is 1.83. The topological polar surface area (TPSA) is 78.8 Å². The Morgan fingerprint density at radius 1 is 1.52 bits per heavy atom. The van der Waals surface area contributed by atoms with Crippen molar-refractivity contribution in [1.82, 2.24) is 15.6 Å². The van der Waals surface area contributed by atoms with Crippen molar-refractivity contribution >= 4 is 17.7 Å². The molecule has 0 radical (unpaired) electrons. The van der Waals surface area contributed by atoms with Crippen LogP contribution in [0.3, 0.4) is 0 Å². The fourth-order valence-corrected chi connectivity index (χ4v) is 2.60. The Bertz CT molecular complexity index is 630. The lowest BCUT2D eigenvalue weighted by Gasteiger charge is -2.21. The predicted molar refractivity (Wildman–Crippen MR) is 95.2 cm³/mol. The maximum absolute atomic E-state index is 13.8. The van der Waals surface area contributed by atoms with Crippen LogP contribution in [0.2, 0.25) is 0 Å². The van der Waals surface area contributed by atoms with Gasteiger partial charge in [0.25, 0.3) is 0 Å². The van der Waals surface area contributed by atoms with Crippen LogP contribution in [-0.4, -0.2) is 55.2 Å². The van der Waals surface area contributed by atoms with Gasteiger partial charge >= 0.3 is 5.97 Å². The predicted octanol–water partition coefficient (Wildman–Crippen LogP) is 1.31. The van der Waals surface area contributed by atoms with Crippen molar-refractivity contribution in [2.24, 2.45) is 4.99 Å². The zero-order chi connectivity index (χ0) is 18.4. The van der Waals surface area contributed by atoms with Gasteiger partial charge in [0, 0.05) is 32.4 Å². The van der Waals surface area contributed by atoms with Crippen molar-refractivity contribution in [2.75, 3.05) is 31.6 Å². The molecule has 1 unspecified atom stereocenters. The van der Waals surface area contributed by atoms with Crippen molar-refractivity contribution in [3.63, 3.8) is 0 Å². The molecule has 0 saturated carbocycles. The standard InChI is InChI=1S/C17H26FN5O2/c1-17(2,3)25-14(24)10-21-16(19-4)22-12-7-9-23(11-12)15-13(18)6-5-8-20-15/h5-6,8,12H,7,9-11H2,1-4H3,(H2,19,21,22). The lowest BCUT2D eigenvalue weighted by Crippen LogP contribution is -2.46. The van der Waals surface area contributed by atoms with Crippen LogP contribution in [0.15, 0.2) is 23.3 Å². The molecular formula is C17H26FN5O2. The molecule has 0 aliphatic carbocycles. The maximum Gasteiger partial charge on any atom is 0.325 e. The van der Waals surface area contributed by atoms with Crippen molar-refractivity contribution in [3.05, 3.63) is 24.1 Å². The molecule has 25 heavy (non-hydrogen) atoms. The van der Waals surface area contributed by atoms with Gasteiger partial charge in [0.1, 0.15) is 12.1 Å². The van der Waals surface area contributed by atoms with E-state index in [1.807, 2.05) is 25.7 Å². The summed E-state index contributed by atoms with van der Waals surface area (Å²) in [5, 5.41) is 6.18. The molecule has 1 aliphatic rings. The number of hydrogen-bond donors (Lipinski definition) is 2. The average Bonchev–Trinajstić information content (AvgIpc) is 2.98. The van der Waals surface area contributed by atoms with Crippen molar-refractivity contribution in [3.8, 4) is 0 Å². The molecule has 2 heterocycles. The summed E-state index contributed by atoms with van der Waals surface area (Å²) < 4.78 is 19.1. The lowest BCUT2D eigenvalue weighted by molar-refractivity contribution is -0.153. The van der Waals surface area contributed by atoms with Gasteiger partial charge in [-0.1, -0.05) is 0 Å². The Kier molecular flexibility index (Phi) is 6.17. The van der Waals surface area contributed by atoms with Crippen LogP contribution >= 0.6 is 0 Å². The number of pyridine rings is 1. The van der Waals surface area contributed by atoms with Gasteiger partial charge in [-0.2, -0.15) is 0 Å². The number of nitrogens with zero attached hydrogens (tertiary/aromatic N) is 3. The van der Waals surface area contributed by atoms with Gasteiger partial charge in [0.2, 0.25) is 0 Å². The first-order valence-electron chi connectivity index (χ1n) is 8.33. The molecular weight excluding hydrogens is 325 g/mol. The Morgan fingerprint density at radius 2 is 2.28 bits per heavy atom. The molecule has 1 aliphatic heterocycles. The number of halogens is 1. The molecule has 1 aromatic heterocycles. The van der Waals surface area contributed by atoms with E-state index in [1.54, 1.807) is 19.3 Å². The maximum atomic E-state index is 13.8. The van der Waals surface area contributed by atoms with Crippen LogP contribution in [0.25, 0.3) is 0 Å². The van der Waals surface area contributed by atoms with E-state index in [9.17, 15) is 9.18 Å². The SMILES string of the molecule is CN=C(NCC(=O)OC(C)(C)C)NC1CCN(c2ncccc2F)C1. The second-order valence-corrected chi connectivity index (χ2v) is 6.90. The second-order valence-electron chi connectivity index (χ2n) is 6.90. The summed E-state index contributed by atoms with van der Waals surface area (Å²) in [5.41, 5.74) is -0.519. The highest BCUT2D eigenvalue weighted by Gasteiger charge is 2.26. The number of ether oxygens (including phenoxy) is 1. The summed E-state index contributed by atoms with van der Waals surface area (Å²) in [6.45, 7) is 6.81. The molecule has 138 valence electrons. The van der Waals surface area contributed by atoms with E-state index in [0.717, 1.165) is 6.42 Å². The number of guanidine groups is 1. The smallest absolute Gasteiger partial charge is 0.325 e. The van der Waals surface area contributed by atoms with Crippen molar-refractivity contribution < 1.29 is 13.9 Å². The zero-order valence-corrected chi connectivity index (χ0v) is 15.2. The van der Waals surface area contributed by atoms with Crippen LogP contribution in [0.4, 0.5) is 10.2 Å². The lowest BCUT2D eigenvalue weighted by atomic mass is 10.2. The molecule has 1 aromatic rings. The number of hydrogen-bond acceptors (Lipinski definition) is 5. The molecule has 1 fully saturated rings. The van der Waals surface area contributed by atoms with E-state index < -0.39 is 5.60 Å². The molecule has 2 N–H and O–H groups in total. The molecule has 1 saturated heterocycles. The summed E-state index contributed by atoms with van der Waals surface area (Å²) in [4.78, 5) is 21.9. The normalized spacial score (nSPS) is 18.2. The highest BCUT2D eigenvalue weighted by molar-refractivity contribution is 5.84. The Hall–Kier alpha value is -2.38. The number of carbonyl (C=O) groups is 1. The number of aliphatic imine (C=N–C) groups is 1. The highest BCUT2D eigenvalue weighted by Crippen LogP contribution is 2.20. The van der Waals surface area contributed by atoms with Gasteiger partial charge in [-0.3, -0.25) is 9.79 Å². The van der Waals surface area contributed by atoms with Crippen LogP contribution in [0.1, 0.15) is 27.2 Å². The van der Waals surface area contributed by atoms with Crippen molar-refractivity contribution in [1.29, 1.82) is 0 Å². The number of anilines is 1. The minimum Gasteiger partial charge on any atom is -0.459 e. The Labute approximate surface area is 147 Å². The quantitative estimate of drug-likeness (QED) is 0.484. The molecule has 8 heteroatoms. The first-order valence-corrected chi connectivity index (χ1v) is 8.33. The van der Waals surface area contributed by atoms with Gasteiger partial charge in [-0.15, -0.1) is 0 Å². The minimum atomic E-state index is -0.519. The summed E-state index contributed by atoms with van der Waals surface area (Å²) in [6, 6.07) is 3.07. The fraction of sp³-hybridized carbons (Fsp3) is 0.588. The summed E-state index contributed by atoms with van der Waals surface area (Å²) in [7, 11) is 1.63. The van der Waals surface area contributed by atoms with E-state index in [4.69, 9.17) is 4.74 Å². The van der Waals surface area contributed by atoms with E-state index in [1.165, 1.54) is 6.07 Å². The Morgan fingerprint density at radius 3 is 2.92 bits per heavy atom. The number of carbonyl (C=O) groups excluding carboxylic acids is 1. The first-order chi connectivity index (χ1) is 11.8. The van der Waals surface area contributed by atoms with Crippen LogP contribution in [0, 0.1) is 5.82 Å². The molecule has 0 spiro atoms. The number of aromatic nitrogens is 1. The third-order valence-corrected chi connectivity index (χ3v) is 3.61. The highest BCUT2D eigenvalue weighted by atomic mass is 19.1. The number of nitrogens with one attached hydrogen (secondary N) is 2. The third kappa shape index (κ3) is 5.88. The van der Waals surface area contributed by atoms with Gasteiger partial charge in [0.15, 0.2) is 17.6 Å². The summed E-state index contributed by atoms with van der Waals surface area (Å²) in [5.74, 6) is 0.206. The van der Waals surface area contributed by atoms with Crippen LogP contribution in [-0.2, 0) is 9.53 Å². The molecule has 0 aromatic carbocycles. The number of esters is 1. The van der Waals surface area contributed by atoms with E-state index in [2.05, 4.69) is 20.6 Å². The van der Waals surface area contributed by atoms with Gasteiger partial charge < -0.3 is 20.3 Å². The fourth-order valence-electron chi connectivity index (χ4n) is 2.60. The minimum absolute atomic E-state index is 0.0300. The second kappa shape index (κ2) is 8.13. The van der Waals surface area contributed by atoms with Crippen molar-refractivity contribution in [2.45, 2.75) is 38.8 Å². The van der Waals surface area contributed by atoms with E-state index >= 15 is 0 Å². The zero-order valence-electron chi connectivity index (χ0n) is 15.2. The molecule has 1 atom stereocenters. The monoisotopic (exact) mass is 351 g/mol. The summed E-state index contributed by atoms with van der Waals surface area (Å²) >= 11 is 0. The van der Waals surface area contributed by atoms with Gasteiger partial charge in [0.05, 0.1) is 0 Å². The largest absolute Gasteiger partial charge is 0.459 e. The first kappa shape index (κ1) is 19.0. The molecule has 0 amide bonds. The van der Waals surface area contributed by atoms with E-state index in [0.29, 0.717) is 24.9 Å². The van der Waals surface area contributed by atoms with Gasteiger partial charge in [-0.25, -0.2) is 9.37 Å². The van der Waals surface area contributed by atoms with Crippen LogP contribution < -0.4 is 15.5 Å². The molecule has 7 nitrogen and oxygen atoms in total. The molecule has 0 bridgehead atoms. The third-order valence-electron chi connectivity index (χ3n) is 3.61. The van der Waals surface area contributed by atoms with E-state index in [-0.39, 0.29) is 24.4 Å². The molecule has 2 rings (SSSR count). The van der Waals surface area contributed by atoms with Crippen LogP contribution in [0.5, 0.6) is 0 Å². The number of rotatable bonds is 4.